The fourth-order valence-electron chi connectivity index (χ4n) is 4.86. The SMILES string of the molecule is CCCCCCCSc1nc2sc3c(c2c(=O)n1Cc1ccccc1)CC[C@H](C(C)(C)C)C3. The molecule has 3 nitrogen and oxygen atoms in total. The van der Waals surface area contributed by atoms with E-state index in [0.717, 1.165) is 46.0 Å². The zero-order valence-corrected chi connectivity index (χ0v) is 22.3. The van der Waals surface area contributed by atoms with Crippen LogP contribution in [0.15, 0.2) is 40.3 Å². The summed E-state index contributed by atoms with van der Waals surface area (Å²) in [5.41, 5.74) is 2.89. The highest BCUT2D eigenvalue weighted by Gasteiger charge is 2.32. The van der Waals surface area contributed by atoms with Gasteiger partial charge >= 0.3 is 0 Å². The quantitative estimate of drug-likeness (QED) is 0.178. The van der Waals surface area contributed by atoms with Crippen molar-refractivity contribution in [2.24, 2.45) is 11.3 Å². The molecule has 0 aliphatic heterocycles. The second-order valence-corrected chi connectivity index (χ2v) is 12.7. The minimum absolute atomic E-state index is 0.157. The molecule has 178 valence electrons. The molecule has 0 saturated carbocycles. The lowest BCUT2D eigenvalue weighted by molar-refractivity contribution is 0.218. The Morgan fingerprint density at radius 3 is 2.61 bits per heavy atom. The van der Waals surface area contributed by atoms with E-state index in [0.29, 0.717) is 17.9 Å². The van der Waals surface area contributed by atoms with Gasteiger partial charge in [-0.3, -0.25) is 9.36 Å². The van der Waals surface area contributed by atoms with Gasteiger partial charge in [0.25, 0.3) is 5.56 Å². The number of hydrogen-bond donors (Lipinski definition) is 0. The minimum atomic E-state index is 0.157. The van der Waals surface area contributed by atoms with Gasteiger partial charge in [0.1, 0.15) is 4.83 Å². The van der Waals surface area contributed by atoms with Gasteiger partial charge in [-0.2, -0.15) is 0 Å². The molecule has 33 heavy (non-hydrogen) atoms. The molecule has 2 heterocycles. The lowest BCUT2D eigenvalue weighted by Crippen LogP contribution is -2.27. The maximum Gasteiger partial charge on any atom is 0.263 e. The van der Waals surface area contributed by atoms with E-state index >= 15 is 0 Å². The first-order chi connectivity index (χ1) is 15.9. The smallest absolute Gasteiger partial charge is 0.263 e. The predicted molar refractivity (Wildman–Crippen MR) is 144 cm³/mol. The monoisotopic (exact) mass is 482 g/mol. The molecule has 0 fully saturated rings. The number of fused-ring (bicyclic) bond motifs is 3. The van der Waals surface area contributed by atoms with Gasteiger partial charge in [0.05, 0.1) is 11.9 Å². The van der Waals surface area contributed by atoms with E-state index in [1.165, 1.54) is 42.5 Å². The molecule has 3 aromatic rings. The molecule has 2 aromatic heterocycles. The van der Waals surface area contributed by atoms with Crippen LogP contribution in [0, 0.1) is 11.3 Å². The van der Waals surface area contributed by atoms with Crippen LogP contribution in [0.4, 0.5) is 0 Å². The summed E-state index contributed by atoms with van der Waals surface area (Å²) in [4.78, 5) is 21.3. The number of rotatable bonds is 9. The molecule has 0 saturated heterocycles. The Morgan fingerprint density at radius 2 is 1.88 bits per heavy atom. The summed E-state index contributed by atoms with van der Waals surface area (Å²) in [6.07, 6.45) is 9.56. The molecule has 0 N–H and O–H groups in total. The van der Waals surface area contributed by atoms with Crippen molar-refractivity contribution in [3.05, 3.63) is 56.7 Å². The molecule has 4 rings (SSSR count). The van der Waals surface area contributed by atoms with Gasteiger partial charge in [-0.15, -0.1) is 11.3 Å². The van der Waals surface area contributed by atoms with Crippen molar-refractivity contribution in [2.45, 2.75) is 90.8 Å². The first kappa shape index (κ1) is 24.5. The van der Waals surface area contributed by atoms with Crippen LogP contribution >= 0.6 is 23.1 Å². The van der Waals surface area contributed by atoms with E-state index in [1.807, 2.05) is 22.8 Å². The zero-order chi connectivity index (χ0) is 23.4. The maximum atomic E-state index is 13.9. The summed E-state index contributed by atoms with van der Waals surface area (Å²) in [6, 6.07) is 10.3. The molecule has 0 spiro atoms. The molecule has 0 bridgehead atoms. The van der Waals surface area contributed by atoms with E-state index in [1.54, 1.807) is 23.1 Å². The third kappa shape index (κ3) is 5.74. The topological polar surface area (TPSA) is 34.9 Å². The summed E-state index contributed by atoms with van der Waals surface area (Å²) in [6.45, 7) is 9.87. The number of thiophene rings is 1. The minimum Gasteiger partial charge on any atom is -0.283 e. The van der Waals surface area contributed by atoms with E-state index in [-0.39, 0.29) is 5.56 Å². The highest BCUT2D eigenvalue weighted by Crippen LogP contribution is 2.42. The standard InChI is InChI=1S/C28H38N2OS2/c1-5-6-7-8-12-17-32-27-29-25-24(26(31)30(27)19-20-13-10-9-11-14-20)22-16-15-21(28(2,3)4)18-23(22)33-25/h9-11,13-14,21H,5-8,12,15-19H2,1-4H3/t21-/m0/s1. The summed E-state index contributed by atoms with van der Waals surface area (Å²) < 4.78 is 1.94. The molecule has 1 aliphatic carbocycles. The molecule has 0 amide bonds. The van der Waals surface area contributed by atoms with E-state index in [4.69, 9.17) is 4.98 Å². The van der Waals surface area contributed by atoms with Crippen molar-refractivity contribution in [3.63, 3.8) is 0 Å². The normalized spacial score (nSPS) is 16.3. The number of nitrogens with zero attached hydrogens (tertiary/aromatic N) is 2. The second-order valence-electron chi connectivity index (χ2n) is 10.5. The Labute approximate surface area is 207 Å². The van der Waals surface area contributed by atoms with Crippen LogP contribution in [0.3, 0.4) is 0 Å². The van der Waals surface area contributed by atoms with E-state index in [9.17, 15) is 4.79 Å². The van der Waals surface area contributed by atoms with Crippen LogP contribution in [0.25, 0.3) is 10.2 Å². The lowest BCUT2D eigenvalue weighted by atomic mass is 9.72. The van der Waals surface area contributed by atoms with Gasteiger partial charge in [-0.25, -0.2) is 4.98 Å². The van der Waals surface area contributed by atoms with E-state index < -0.39 is 0 Å². The number of aromatic nitrogens is 2. The van der Waals surface area contributed by atoms with Crippen LogP contribution in [-0.4, -0.2) is 15.3 Å². The average Bonchev–Trinajstić information content (AvgIpc) is 3.16. The van der Waals surface area contributed by atoms with Crippen LogP contribution in [-0.2, 0) is 19.4 Å². The largest absolute Gasteiger partial charge is 0.283 e. The van der Waals surface area contributed by atoms with Crippen molar-refractivity contribution < 1.29 is 0 Å². The Kier molecular flexibility index (Phi) is 8.01. The van der Waals surface area contributed by atoms with Crippen LogP contribution in [0.2, 0.25) is 0 Å². The van der Waals surface area contributed by atoms with Crippen molar-refractivity contribution >= 4 is 33.3 Å². The molecule has 0 unspecified atom stereocenters. The molecule has 5 heteroatoms. The zero-order valence-electron chi connectivity index (χ0n) is 20.7. The average molecular weight is 483 g/mol. The number of benzene rings is 1. The fraction of sp³-hybridized carbons (Fsp3) is 0.571. The first-order valence-electron chi connectivity index (χ1n) is 12.6. The predicted octanol–water partition coefficient (Wildman–Crippen LogP) is 7.72. The lowest BCUT2D eigenvalue weighted by Gasteiger charge is -2.33. The van der Waals surface area contributed by atoms with Gasteiger partial charge in [0, 0.05) is 10.6 Å². The molecule has 1 atom stereocenters. The molecule has 1 aromatic carbocycles. The van der Waals surface area contributed by atoms with Gasteiger partial charge < -0.3 is 0 Å². The van der Waals surface area contributed by atoms with Crippen molar-refractivity contribution in [1.82, 2.24) is 9.55 Å². The molecule has 0 radical (unpaired) electrons. The van der Waals surface area contributed by atoms with Gasteiger partial charge in [0.2, 0.25) is 0 Å². The van der Waals surface area contributed by atoms with Gasteiger partial charge in [0.15, 0.2) is 5.16 Å². The van der Waals surface area contributed by atoms with E-state index in [2.05, 4.69) is 39.8 Å². The Bertz CT molecular complexity index is 1120. The van der Waals surface area contributed by atoms with Crippen molar-refractivity contribution in [2.75, 3.05) is 5.75 Å². The first-order valence-corrected chi connectivity index (χ1v) is 14.4. The number of aryl methyl sites for hydroxylation is 1. The Morgan fingerprint density at radius 1 is 1.12 bits per heavy atom. The van der Waals surface area contributed by atoms with Gasteiger partial charge in [-0.05, 0) is 48.1 Å². The fourth-order valence-corrected chi connectivity index (χ4v) is 7.20. The third-order valence-corrected chi connectivity index (χ3v) is 9.23. The number of unbranched alkanes of at least 4 members (excludes halogenated alkanes) is 4. The molecule has 1 aliphatic rings. The van der Waals surface area contributed by atoms with Crippen LogP contribution in [0.5, 0.6) is 0 Å². The maximum absolute atomic E-state index is 13.9. The second kappa shape index (κ2) is 10.8. The molecular formula is C28H38N2OS2. The number of hydrogen-bond acceptors (Lipinski definition) is 4. The Hall–Kier alpha value is -1.59. The van der Waals surface area contributed by atoms with Crippen molar-refractivity contribution in [1.29, 1.82) is 0 Å². The van der Waals surface area contributed by atoms with Crippen LogP contribution in [0.1, 0.15) is 82.2 Å². The summed E-state index contributed by atoms with van der Waals surface area (Å²) in [7, 11) is 0. The number of thioether (sulfide) groups is 1. The summed E-state index contributed by atoms with van der Waals surface area (Å²) in [5.74, 6) is 1.69. The highest BCUT2D eigenvalue weighted by atomic mass is 32.2. The van der Waals surface area contributed by atoms with Gasteiger partial charge in [-0.1, -0.05) is 95.5 Å². The summed E-state index contributed by atoms with van der Waals surface area (Å²) >= 11 is 3.54. The Balaban J connectivity index is 1.67. The van der Waals surface area contributed by atoms with Crippen LogP contribution < -0.4 is 5.56 Å². The molecular weight excluding hydrogens is 444 g/mol. The summed E-state index contributed by atoms with van der Waals surface area (Å²) in [5, 5.41) is 1.78. The van der Waals surface area contributed by atoms with Crippen molar-refractivity contribution in [3.8, 4) is 0 Å². The highest BCUT2D eigenvalue weighted by molar-refractivity contribution is 7.99. The third-order valence-electron chi connectivity index (χ3n) is 7.02.